The molecule has 0 unspecified atom stereocenters. The Kier molecular flexibility index (Phi) is 6.00. The average molecular weight is 470 g/mol. The first-order valence-electron chi connectivity index (χ1n) is 10.8. The van der Waals surface area contributed by atoms with Crippen LogP contribution < -0.4 is 5.73 Å². The van der Waals surface area contributed by atoms with Gasteiger partial charge < -0.3 is 5.73 Å². The van der Waals surface area contributed by atoms with E-state index < -0.39 is 0 Å². The summed E-state index contributed by atoms with van der Waals surface area (Å²) in [4.78, 5) is 9.65. The van der Waals surface area contributed by atoms with Gasteiger partial charge in [0.2, 0.25) is 0 Å². The quantitative estimate of drug-likeness (QED) is 0.330. The summed E-state index contributed by atoms with van der Waals surface area (Å²) >= 11 is 13.9. The minimum atomic E-state index is 0.177. The van der Waals surface area contributed by atoms with Gasteiger partial charge in [0.1, 0.15) is 5.15 Å². The van der Waals surface area contributed by atoms with Gasteiger partial charge in [0.05, 0.1) is 10.7 Å². The summed E-state index contributed by atoms with van der Waals surface area (Å²) in [5.41, 5.74) is 12.2. The molecule has 3 nitrogen and oxygen atoms in total. The number of nitrogens with two attached hydrogens (primary N) is 1. The van der Waals surface area contributed by atoms with E-state index in [4.69, 9.17) is 33.9 Å². The molecule has 2 heterocycles. The zero-order valence-corrected chi connectivity index (χ0v) is 19.6. The Labute approximate surface area is 197 Å². The Hall–Kier alpha value is -1.59. The third-order valence-electron chi connectivity index (χ3n) is 7.08. The van der Waals surface area contributed by atoms with Crippen LogP contribution in [0.25, 0.3) is 0 Å². The lowest BCUT2D eigenvalue weighted by atomic mass is 9.66. The number of aromatic nitrogens is 2. The standard InChI is InChI=1S/C25H25Cl2N3S/c26-22-21(9-12-29-24(22)27)31-15-19-6-5-18(14-30-19)16-7-10-25(11-8-16)13-17-3-1-2-4-20(17)23(25)28/h1-6,9,12,14,16,23H,7-8,10-11,13,15,28H2/t16-,23-,25+/m0/s1. The summed E-state index contributed by atoms with van der Waals surface area (Å²) < 4.78 is 0. The Morgan fingerprint density at radius 3 is 2.58 bits per heavy atom. The molecule has 1 aromatic carbocycles. The number of pyridine rings is 2. The normalized spacial score (nSPS) is 25.0. The number of benzene rings is 1. The Morgan fingerprint density at radius 2 is 1.84 bits per heavy atom. The van der Waals surface area contributed by atoms with Crippen molar-refractivity contribution in [2.24, 2.45) is 11.1 Å². The lowest BCUT2D eigenvalue weighted by Crippen LogP contribution is -2.35. The average Bonchev–Trinajstić information content (AvgIpc) is 3.07. The maximum absolute atomic E-state index is 6.73. The highest BCUT2D eigenvalue weighted by molar-refractivity contribution is 7.98. The van der Waals surface area contributed by atoms with E-state index in [1.54, 1.807) is 18.0 Å². The number of nitrogens with zero attached hydrogens (tertiary/aromatic N) is 2. The molecule has 3 aromatic rings. The highest BCUT2D eigenvalue weighted by Crippen LogP contribution is 2.55. The van der Waals surface area contributed by atoms with Crippen LogP contribution in [-0.4, -0.2) is 9.97 Å². The summed E-state index contributed by atoms with van der Waals surface area (Å²) in [6.07, 6.45) is 9.61. The number of rotatable bonds is 4. The second-order valence-corrected chi connectivity index (χ2v) is 10.5. The van der Waals surface area contributed by atoms with E-state index in [-0.39, 0.29) is 11.5 Å². The van der Waals surface area contributed by atoms with Gasteiger partial charge in [0, 0.05) is 29.1 Å². The van der Waals surface area contributed by atoms with E-state index in [9.17, 15) is 0 Å². The largest absolute Gasteiger partial charge is 0.323 e. The zero-order valence-electron chi connectivity index (χ0n) is 17.2. The second kappa shape index (κ2) is 8.74. The second-order valence-electron chi connectivity index (χ2n) is 8.78. The van der Waals surface area contributed by atoms with Crippen molar-refractivity contribution in [3.8, 4) is 0 Å². The summed E-state index contributed by atoms with van der Waals surface area (Å²) in [6.45, 7) is 0. The van der Waals surface area contributed by atoms with E-state index in [1.807, 2.05) is 6.07 Å². The first kappa shape index (κ1) is 21.3. The molecule has 1 atom stereocenters. The van der Waals surface area contributed by atoms with Gasteiger partial charge in [-0.05, 0) is 72.3 Å². The van der Waals surface area contributed by atoms with Crippen LogP contribution in [0.2, 0.25) is 10.2 Å². The smallest absolute Gasteiger partial charge is 0.148 e. The van der Waals surface area contributed by atoms with Crippen molar-refractivity contribution in [2.75, 3.05) is 0 Å². The molecule has 2 aliphatic rings. The molecule has 0 amide bonds. The number of hydrogen-bond acceptors (Lipinski definition) is 4. The van der Waals surface area contributed by atoms with Crippen LogP contribution in [0.15, 0.2) is 59.8 Å². The molecule has 0 radical (unpaired) electrons. The molecule has 1 spiro atoms. The maximum atomic E-state index is 6.73. The fraction of sp³-hybridized carbons (Fsp3) is 0.360. The molecule has 160 valence electrons. The summed E-state index contributed by atoms with van der Waals surface area (Å²) in [5, 5.41) is 0.851. The van der Waals surface area contributed by atoms with Crippen LogP contribution in [0.5, 0.6) is 0 Å². The lowest BCUT2D eigenvalue weighted by molar-refractivity contribution is 0.149. The van der Waals surface area contributed by atoms with E-state index in [2.05, 4.69) is 47.6 Å². The van der Waals surface area contributed by atoms with Gasteiger partial charge in [-0.2, -0.15) is 0 Å². The van der Waals surface area contributed by atoms with Crippen molar-refractivity contribution >= 4 is 35.0 Å². The highest BCUT2D eigenvalue weighted by Gasteiger charge is 2.46. The van der Waals surface area contributed by atoms with E-state index in [0.717, 1.165) is 22.8 Å². The fourth-order valence-corrected chi connectivity index (χ4v) is 6.60. The molecule has 6 heteroatoms. The lowest BCUT2D eigenvalue weighted by Gasteiger charge is -2.40. The van der Waals surface area contributed by atoms with Crippen molar-refractivity contribution in [2.45, 2.75) is 54.7 Å². The van der Waals surface area contributed by atoms with Crippen LogP contribution in [0, 0.1) is 5.41 Å². The van der Waals surface area contributed by atoms with Gasteiger partial charge in [-0.1, -0.05) is 53.5 Å². The Morgan fingerprint density at radius 1 is 1.03 bits per heavy atom. The zero-order chi connectivity index (χ0) is 21.4. The van der Waals surface area contributed by atoms with Crippen LogP contribution in [-0.2, 0) is 12.2 Å². The van der Waals surface area contributed by atoms with Crippen molar-refractivity contribution in [1.29, 1.82) is 0 Å². The Balaban J connectivity index is 1.20. The molecule has 2 N–H and O–H groups in total. The SMILES string of the molecule is N[C@H]1c2ccccc2C[C@]12CC[C@H](c1ccc(CSc3ccnc(Cl)c3Cl)nc1)CC2. The molecule has 0 aliphatic heterocycles. The Bertz CT molecular complexity index is 1080. The summed E-state index contributed by atoms with van der Waals surface area (Å²) in [5.74, 6) is 1.32. The topological polar surface area (TPSA) is 51.8 Å². The number of fused-ring (bicyclic) bond motifs is 1. The molecule has 1 fully saturated rings. The predicted molar refractivity (Wildman–Crippen MR) is 129 cm³/mol. The third-order valence-corrected chi connectivity index (χ3v) is 9.05. The van der Waals surface area contributed by atoms with Crippen LogP contribution >= 0.6 is 35.0 Å². The van der Waals surface area contributed by atoms with Gasteiger partial charge >= 0.3 is 0 Å². The van der Waals surface area contributed by atoms with Gasteiger partial charge in [-0.25, -0.2) is 4.98 Å². The molecule has 1 saturated carbocycles. The number of thioether (sulfide) groups is 1. The molecule has 2 aromatic heterocycles. The molecule has 2 aliphatic carbocycles. The molecular formula is C25H25Cl2N3S. The van der Waals surface area contributed by atoms with Crippen molar-refractivity contribution in [3.05, 3.63) is 87.4 Å². The van der Waals surface area contributed by atoms with E-state index in [0.29, 0.717) is 16.1 Å². The van der Waals surface area contributed by atoms with Crippen LogP contribution in [0.4, 0.5) is 0 Å². The van der Waals surface area contributed by atoms with E-state index in [1.165, 1.54) is 42.4 Å². The van der Waals surface area contributed by atoms with Gasteiger partial charge in [0.15, 0.2) is 0 Å². The van der Waals surface area contributed by atoms with Crippen LogP contribution in [0.1, 0.15) is 60.0 Å². The third kappa shape index (κ3) is 4.11. The molecule has 31 heavy (non-hydrogen) atoms. The van der Waals surface area contributed by atoms with Crippen molar-refractivity contribution in [1.82, 2.24) is 9.97 Å². The number of halogens is 2. The monoisotopic (exact) mass is 469 g/mol. The maximum Gasteiger partial charge on any atom is 0.148 e. The van der Waals surface area contributed by atoms with Crippen LogP contribution in [0.3, 0.4) is 0 Å². The number of hydrogen-bond donors (Lipinski definition) is 1. The molecular weight excluding hydrogens is 445 g/mol. The molecule has 0 bridgehead atoms. The van der Waals surface area contributed by atoms with Gasteiger partial charge in [-0.3, -0.25) is 4.98 Å². The van der Waals surface area contributed by atoms with Crippen molar-refractivity contribution < 1.29 is 0 Å². The minimum absolute atomic E-state index is 0.177. The minimum Gasteiger partial charge on any atom is -0.323 e. The van der Waals surface area contributed by atoms with E-state index >= 15 is 0 Å². The first-order chi connectivity index (χ1) is 15.1. The summed E-state index contributed by atoms with van der Waals surface area (Å²) in [6, 6.07) is 15.2. The van der Waals surface area contributed by atoms with Gasteiger partial charge in [-0.15, -0.1) is 11.8 Å². The fourth-order valence-electron chi connectivity index (χ4n) is 5.26. The highest BCUT2D eigenvalue weighted by atomic mass is 35.5. The summed E-state index contributed by atoms with van der Waals surface area (Å²) in [7, 11) is 0. The first-order valence-corrected chi connectivity index (χ1v) is 12.5. The predicted octanol–water partition coefficient (Wildman–Crippen LogP) is 6.98. The van der Waals surface area contributed by atoms with Gasteiger partial charge in [0.25, 0.3) is 0 Å². The molecule has 0 saturated heterocycles. The molecule has 5 rings (SSSR count). The van der Waals surface area contributed by atoms with Crippen molar-refractivity contribution in [3.63, 3.8) is 0 Å².